The molecule has 0 aliphatic heterocycles. The monoisotopic (exact) mass is 280 g/mol. The van der Waals surface area contributed by atoms with Crippen molar-refractivity contribution in [2.24, 2.45) is 0 Å². The maximum absolute atomic E-state index is 5.21. The quantitative estimate of drug-likeness (QED) is 0.752. The van der Waals surface area contributed by atoms with Gasteiger partial charge < -0.3 is 14.8 Å². The predicted molar refractivity (Wildman–Crippen MR) is 83.4 cm³/mol. The molecule has 0 heterocycles. The minimum Gasteiger partial charge on any atom is -0.497 e. The van der Waals surface area contributed by atoms with Crippen molar-refractivity contribution in [1.82, 2.24) is 10.2 Å². The molecule has 20 heavy (non-hydrogen) atoms. The van der Waals surface area contributed by atoms with Crippen LogP contribution in [0, 0.1) is 0 Å². The largest absolute Gasteiger partial charge is 0.497 e. The van der Waals surface area contributed by atoms with E-state index < -0.39 is 0 Å². The Labute approximate surface area is 123 Å². The molecule has 0 spiro atoms. The van der Waals surface area contributed by atoms with Gasteiger partial charge in [-0.1, -0.05) is 12.1 Å². The van der Waals surface area contributed by atoms with Crippen LogP contribution in [0.5, 0.6) is 5.75 Å². The lowest BCUT2D eigenvalue weighted by atomic mass is 10.1. The summed E-state index contributed by atoms with van der Waals surface area (Å²) in [4.78, 5) is 2.43. The Bertz CT molecular complexity index is 365. The Morgan fingerprint density at radius 3 is 2.25 bits per heavy atom. The highest BCUT2D eigenvalue weighted by Gasteiger charge is 2.16. The lowest BCUT2D eigenvalue weighted by Crippen LogP contribution is -2.40. The van der Waals surface area contributed by atoms with E-state index in [0.717, 1.165) is 25.4 Å². The van der Waals surface area contributed by atoms with Crippen LogP contribution in [0.3, 0.4) is 0 Å². The van der Waals surface area contributed by atoms with Crippen LogP contribution in [0.25, 0.3) is 0 Å². The molecule has 1 aromatic carbocycles. The molecule has 0 aliphatic carbocycles. The number of nitrogens with zero attached hydrogens (tertiary/aromatic N) is 1. The van der Waals surface area contributed by atoms with Crippen LogP contribution < -0.4 is 10.1 Å². The van der Waals surface area contributed by atoms with E-state index in [-0.39, 0.29) is 0 Å². The molecule has 1 N–H and O–H groups in total. The number of benzene rings is 1. The van der Waals surface area contributed by atoms with Crippen molar-refractivity contribution in [3.05, 3.63) is 29.8 Å². The molecule has 0 saturated heterocycles. The second-order valence-corrected chi connectivity index (χ2v) is 5.20. The molecule has 0 aliphatic rings. The number of ether oxygens (including phenoxy) is 2. The molecule has 114 valence electrons. The average Bonchev–Trinajstić information content (AvgIpc) is 2.47. The van der Waals surface area contributed by atoms with Crippen LogP contribution in [0.15, 0.2) is 24.3 Å². The van der Waals surface area contributed by atoms with Crippen LogP contribution in [0.1, 0.15) is 25.5 Å². The summed E-state index contributed by atoms with van der Waals surface area (Å²) < 4.78 is 10.4. The van der Waals surface area contributed by atoms with Gasteiger partial charge in [-0.05, 0) is 38.6 Å². The van der Waals surface area contributed by atoms with E-state index in [1.54, 1.807) is 14.2 Å². The van der Waals surface area contributed by atoms with E-state index in [1.807, 2.05) is 19.2 Å². The molecule has 0 aromatic heterocycles. The van der Waals surface area contributed by atoms with Crippen LogP contribution in [-0.2, 0) is 4.74 Å². The Morgan fingerprint density at radius 1 is 1.15 bits per heavy atom. The van der Waals surface area contributed by atoms with E-state index >= 15 is 0 Å². The number of likely N-dealkylation sites (N-methyl/N-ethyl adjacent to an activating group) is 1. The Balaban J connectivity index is 2.72. The first-order valence-corrected chi connectivity index (χ1v) is 7.16. The van der Waals surface area contributed by atoms with E-state index in [1.165, 1.54) is 5.56 Å². The van der Waals surface area contributed by atoms with Crippen LogP contribution >= 0.6 is 0 Å². The molecule has 1 aromatic rings. The third-order valence-electron chi connectivity index (χ3n) is 3.60. The van der Waals surface area contributed by atoms with E-state index in [2.05, 4.69) is 36.2 Å². The fourth-order valence-corrected chi connectivity index (χ4v) is 2.20. The van der Waals surface area contributed by atoms with Crippen LogP contribution in [0.4, 0.5) is 0 Å². The zero-order valence-electron chi connectivity index (χ0n) is 13.3. The average molecular weight is 280 g/mol. The summed E-state index contributed by atoms with van der Waals surface area (Å²) in [5.41, 5.74) is 1.27. The number of hydrogen-bond acceptors (Lipinski definition) is 4. The first kappa shape index (κ1) is 17.0. The third-order valence-corrected chi connectivity index (χ3v) is 3.60. The van der Waals surface area contributed by atoms with Crippen molar-refractivity contribution < 1.29 is 9.47 Å². The first-order valence-electron chi connectivity index (χ1n) is 7.16. The smallest absolute Gasteiger partial charge is 0.118 e. The summed E-state index contributed by atoms with van der Waals surface area (Å²) in [6.07, 6.45) is 0. The highest BCUT2D eigenvalue weighted by atomic mass is 16.5. The minimum absolute atomic E-state index is 0.306. The highest BCUT2D eigenvalue weighted by molar-refractivity contribution is 5.29. The number of hydrogen-bond donors (Lipinski definition) is 1. The summed E-state index contributed by atoms with van der Waals surface area (Å²) >= 11 is 0. The Kier molecular flexibility index (Phi) is 7.59. The molecular weight excluding hydrogens is 252 g/mol. The van der Waals surface area contributed by atoms with Crippen LogP contribution in [-0.4, -0.2) is 51.9 Å². The fraction of sp³-hybridized carbons (Fsp3) is 0.625. The summed E-state index contributed by atoms with van der Waals surface area (Å²) in [5.74, 6) is 0.892. The Morgan fingerprint density at radius 2 is 1.80 bits per heavy atom. The van der Waals surface area contributed by atoms with Gasteiger partial charge in [0.2, 0.25) is 0 Å². The third kappa shape index (κ3) is 5.12. The van der Waals surface area contributed by atoms with Crippen molar-refractivity contribution in [3.8, 4) is 5.75 Å². The summed E-state index contributed by atoms with van der Waals surface area (Å²) in [7, 11) is 5.44. The summed E-state index contributed by atoms with van der Waals surface area (Å²) in [5, 5.41) is 3.39. The van der Waals surface area contributed by atoms with Gasteiger partial charge in [-0.2, -0.15) is 0 Å². The van der Waals surface area contributed by atoms with Gasteiger partial charge in [-0.15, -0.1) is 0 Å². The van der Waals surface area contributed by atoms with Gasteiger partial charge in [0.05, 0.1) is 13.7 Å². The molecule has 0 radical (unpaired) electrons. The lowest BCUT2D eigenvalue weighted by Gasteiger charge is -2.30. The van der Waals surface area contributed by atoms with Gasteiger partial charge in [0, 0.05) is 32.3 Å². The molecule has 0 bridgehead atoms. The molecular formula is C16H28N2O2. The molecule has 4 heteroatoms. The molecule has 1 unspecified atom stereocenters. The molecule has 0 fully saturated rings. The van der Waals surface area contributed by atoms with Gasteiger partial charge in [0.1, 0.15) is 5.75 Å². The SMILES string of the molecule is CNC(CN(CCOC)C(C)C)c1ccc(OC)cc1. The van der Waals surface area contributed by atoms with E-state index in [9.17, 15) is 0 Å². The van der Waals surface area contributed by atoms with Gasteiger partial charge in [0.15, 0.2) is 0 Å². The maximum atomic E-state index is 5.21. The van der Waals surface area contributed by atoms with Gasteiger partial charge in [-0.25, -0.2) is 0 Å². The maximum Gasteiger partial charge on any atom is 0.118 e. The minimum atomic E-state index is 0.306. The number of nitrogens with one attached hydrogen (secondary N) is 1. The normalized spacial score (nSPS) is 12.9. The predicted octanol–water partition coefficient (Wildman–Crippen LogP) is 2.31. The molecule has 1 atom stereocenters. The van der Waals surface area contributed by atoms with Crippen molar-refractivity contribution in [3.63, 3.8) is 0 Å². The van der Waals surface area contributed by atoms with Gasteiger partial charge >= 0.3 is 0 Å². The van der Waals surface area contributed by atoms with Gasteiger partial charge in [-0.3, -0.25) is 4.90 Å². The Hall–Kier alpha value is -1.10. The second kappa shape index (κ2) is 8.95. The zero-order chi connectivity index (χ0) is 15.0. The van der Waals surface area contributed by atoms with Gasteiger partial charge in [0.25, 0.3) is 0 Å². The topological polar surface area (TPSA) is 33.7 Å². The van der Waals surface area contributed by atoms with E-state index in [4.69, 9.17) is 9.47 Å². The van der Waals surface area contributed by atoms with Crippen molar-refractivity contribution >= 4 is 0 Å². The zero-order valence-corrected chi connectivity index (χ0v) is 13.3. The lowest BCUT2D eigenvalue weighted by molar-refractivity contribution is 0.122. The van der Waals surface area contributed by atoms with Crippen LogP contribution in [0.2, 0.25) is 0 Å². The first-order chi connectivity index (χ1) is 9.62. The fourth-order valence-electron chi connectivity index (χ4n) is 2.20. The van der Waals surface area contributed by atoms with Crippen molar-refractivity contribution in [1.29, 1.82) is 0 Å². The second-order valence-electron chi connectivity index (χ2n) is 5.20. The standard InChI is InChI=1S/C16H28N2O2/c1-13(2)18(10-11-19-4)12-16(17-3)14-6-8-15(20-5)9-7-14/h6-9,13,16-17H,10-12H2,1-5H3. The molecule has 0 saturated carbocycles. The number of rotatable bonds is 9. The van der Waals surface area contributed by atoms with Crippen molar-refractivity contribution in [2.75, 3.05) is 41.0 Å². The number of methoxy groups -OCH3 is 2. The molecule has 0 amide bonds. The summed E-state index contributed by atoms with van der Waals surface area (Å²) in [6, 6.07) is 9.06. The van der Waals surface area contributed by atoms with E-state index in [0.29, 0.717) is 12.1 Å². The molecule has 1 rings (SSSR count). The molecule has 4 nitrogen and oxygen atoms in total. The summed E-state index contributed by atoms with van der Waals surface area (Å²) in [6.45, 7) is 7.11. The highest BCUT2D eigenvalue weighted by Crippen LogP contribution is 2.19. The van der Waals surface area contributed by atoms with Crippen molar-refractivity contribution in [2.45, 2.75) is 25.9 Å².